The van der Waals surface area contributed by atoms with E-state index in [1.807, 2.05) is 46.2 Å². The van der Waals surface area contributed by atoms with Crippen LogP contribution < -0.4 is 10.9 Å². The number of nitrogens with one attached hydrogen (secondary N) is 1. The molecule has 0 atom stereocenters. The van der Waals surface area contributed by atoms with Gasteiger partial charge in [0.1, 0.15) is 10.5 Å². The van der Waals surface area contributed by atoms with E-state index in [4.69, 9.17) is 0 Å². The molecule has 1 amide bonds. The van der Waals surface area contributed by atoms with Gasteiger partial charge in [0.25, 0.3) is 5.56 Å². The number of nitrogens with zero attached hydrogens (tertiary/aromatic N) is 4. The largest absolute Gasteiger partial charge is 0.326 e. The number of carbonyl (C=O) groups excluding carboxylic acids is 1. The van der Waals surface area contributed by atoms with Crippen molar-refractivity contribution in [3.05, 3.63) is 58.0 Å². The quantitative estimate of drug-likeness (QED) is 0.610. The minimum Gasteiger partial charge on any atom is -0.326 e. The molecule has 1 N–H and O–H groups in total. The van der Waals surface area contributed by atoms with Crippen LogP contribution in [0.25, 0.3) is 16.0 Å². The molecule has 25 heavy (non-hydrogen) atoms. The Kier molecular flexibility index (Phi) is 3.81. The van der Waals surface area contributed by atoms with Gasteiger partial charge in [0.15, 0.2) is 0 Å². The van der Waals surface area contributed by atoms with Crippen LogP contribution in [0, 0.1) is 0 Å². The number of aryl methyl sites for hydroxylation is 2. The summed E-state index contributed by atoms with van der Waals surface area (Å²) in [4.78, 5) is 24.5. The molecule has 0 aliphatic carbocycles. The number of thiophene rings is 1. The van der Waals surface area contributed by atoms with Crippen molar-refractivity contribution in [1.29, 1.82) is 0 Å². The van der Waals surface area contributed by atoms with Crippen molar-refractivity contribution in [2.75, 3.05) is 5.32 Å². The topological polar surface area (TPSA) is 81.3 Å². The predicted octanol–water partition coefficient (Wildman–Crippen LogP) is 2.21. The van der Waals surface area contributed by atoms with E-state index in [1.165, 1.54) is 15.9 Å². The maximum Gasteiger partial charge on any atom is 0.272 e. The van der Waals surface area contributed by atoms with E-state index in [1.54, 1.807) is 7.05 Å². The second kappa shape index (κ2) is 6.14. The normalized spacial score (nSPS) is 11.2. The molecule has 126 valence electrons. The molecule has 4 rings (SSSR count). The lowest BCUT2D eigenvalue weighted by molar-refractivity contribution is -0.116. The first-order chi connectivity index (χ1) is 12.1. The zero-order valence-electron chi connectivity index (χ0n) is 13.5. The summed E-state index contributed by atoms with van der Waals surface area (Å²) in [5, 5.41) is 13.0. The van der Waals surface area contributed by atoms with Crippen LogP contribution in [0.15, 0.2) is 46.6 Å². The summed E-state index contributed by atoms with van der Waals surface area (Å²) >= 11 is 1.39. The van der Waals surface area contributed by atoms with Crippen LogP contribution in [-0.2, 0) is 18.3 Å². The standard InChI is InChI=1S/C17H15N5O2S/c1-21-16(24)15-12(9-10-25-15)22-13(19-20-17(21)22)7-8-14(23)18-11-5-3-2-4-6-11/h2-6,9-10H,7-8H2,1H3,(H,18,23). The van der Waals surface area contributed by atoms with Gasteiger partial charge in [0.05, 0.1) is 5.52 Å². The smallest absolute Gasteiger partial charge is 0.272 e. The highest BCUT2D eigenvalue weighted by atomic mass is 32.1. The van der Waals surface area contributed by atoms with Gasteiger partial charge in [-0.15, -0.1) is 21.5 Å². The summed E-state index contributed by atoms with van der Waals surface area (Å²) in [5.41, 5.74) is 1.46. The van der Waals surface area contributed by atoms with E-state index in [0.29, 0.717) is 22.7 Å². The highest BCUT2D eigenvalue weighted by Gasteiger charge is 2.16. The van der Waals surface area contributed by atoms with E-state index in [9.17, 15) is 9.59 Å². The molecule has 0 aliphatic rings. The van der Waals surface area contributed by atoms with E-state index in [0.717, 1.165) is 11.2 Å². The average molecular weight is 353 g/mol. The molecular formula is C17H15N5O2S. The van der Waals surface area contributed by atoms with Crippen molar-refractivity contribution < 1.29 is 4.79 Å². The van der Waals surface area contributed by atoms with Gasteiger partial charge in [-0.1, -0.05) is 18.2 Å². The Morgan fingerprint density at radius 2 is 2.00 bits per heavy atom. The van der Waals surface area contributed by atoms with Gasteiger partial charge < -0.3 is 5.32 Å². The fraction of sp³-hybridized carbons (Fsp3) is 0.176. The molecule has 3 heterocycles. The second-order valence-electron chi connectivity index (χ2n) is 5.66. The van der Waals surface area contributed by atoms with Gasteiger partial charge >= 0.3 is 0 Å². The number of amides is 1. The molecule has 0 saturated heterocycles. The van der Waals surface area contributed by atoms with E-state index in [2.05, 4.69) is 15.5 Å². The number of carbonyl (C=O) groups is 1. The van der Waals surface area contributed by atoms with Crippen LogP contribution in [0.5, 0.6) is 0 Å². The summed E-state index contributed by atoms with van der Waals surface area (Å²) in [5.74, 6) is 1.06. The van der Waals surface area contributed by atoms with Crippen molar-refractivity contribution in [3.63, 3.8) is 0 Å². The minimum atomic E-state index is -0.0886. The first-order valence-electron chi connectivity index (χ1n) is 7.80. The molecule has 0 unspecified atom stereocenters. The maximum absolute atomic E-state index is 12.3. The maximum atomic E-state index is 12.3. The number of fused-ring (bicyclic) bond motifs is 3. The number of para-hydroxylation sites is 1. The van der Waals surface area contributed by atoms with Gasteiger partial charge in [-0.2, -0.15) is 0 Å². The van der Waals surface area contributed by atoms with Gasteiger partial charge in [0.2, 0.25) is 11.7 Å². The van der Waals surface area contributed by atoms with Crippen LogP contribution >= 0.6 is 11.3 Å². The molecule has 0 spiro atoms. The third-order valence-corrected chi connectivity index (χ3v) is 4.92. The Balaban J connectivity index is 1.62. The predicted molar refractivity (Wildman–Crippen MR) is 97.0 cm³/mol. The van der Waals surface area contributed by atoms with Gasteiger partial charge in [-0.05, 0) is 23.6 Å². The molecule has 0 aliphatic heterocycles. The summed E-state index contributed by atoms with van der Waals surface area (Å²) < 4.78 is 3.99. The van der Waals surface area contributed by atoms with Crippen LogP contribution in [0.4, 0.5) is 5.69 Å². The first-order valence-corrected chi connectivity index (χ1v) is 8.68. The SMILES string of the molecule is Cn1c(=O)c2sccc2n2c(CCC(=O)Nc3ccccc3)nnc12. The molecule has 4 aromatic rings. The van der Waals surface area contributed by atoms with Crippen molar-refractivity contribution >= 4 is 38.9 Å². The Hall–Kier alpha value is -3.00. The summed E-state index contributed by atoms with van der Waals surface area (Å²) in [7, 11) is 1.68. The van der Waals surface area contributed by atoms with Crippen LogP contribution in [0.2, 0.25) is 0 Å². The van der Waals surface area contributed by atoms with Gasteiger partial charge in [-0.25, -0.2) is 0 Å². The average Bonchev–Trinajstić information content (AvgIpc) is 3.25. The van der Waals surface area contributed by atoms with E-state index in [-0.39, 0.29) is 17.9 Å². The second-order valence-corrected chi connectivity index (χ2v) is 6.58. The lowest BCUT2D eigenvalue weighted by atomic mass is 10.2. The zero-order valence-corrected chi connectivity index (χ0v) is 14.3. The highest BCUT2D eigenvalue weighted by molar-refractivity contribution is 7.17. The molecule has 7 nitrogen and oxygen atoms in total. The van der Waals surface area contributed by atoms with Crippen molar-refractivity contribution in [1.82, 2.24) is 19.2 Å². The molecule has 0 saturated carbocycles. The monoisotopic (exact) mass is 353 g/mol. The summed E-state index contributed by atoms with van der Waals surface area (Å²) in [6.07, 6.45) is 0.715. The summed E-state index contributed by atoms with van der Waals surface area (Å²) in [6.45, 7) is 0. The fourth-order valence-corrected chi connectivity index (χ4v) is 3.64. The highest BCUT2D eigenvalue weighted by Crippen LogP contribution is 2.19. The molecule has 1 aromatic carbocycles. The van der Waals surface area contributed by atoms with Gasteiger partial charge in [-0.3, -0.25) is 18.6 Å². The molecule has 0 bridgehead atoms. The Labute approximate surface area is 146 Å². The molecule has 0 fully saturated rings. The fourth-order valence-electron chi connectivity index (χ4n) is 2.79. The van der Waals surface area contributed by atoms with Crippen molar-refractivity contribution in [2.45, 2.75) is 12.8 Å². The van der Waals surface area contributed by atoms with Gasteiger partial charge in [0, 0.05) is 25.6 Å². The number of anilines is 1. The Morgan fingerprint density at radius 1 is 1.20 bits per heavy atom. The lowest BCUT2D eigenvalue weighted by Gasteiger charge is -2.06. The number of hydrogen-bond donors (Lipinski definition) is 1. The number of rotatable bonds is 4. The third-order valence-electron chi connectivity index (χ3n) is 4.03. The minimum absolute atomic E-state index is 0.0849. The first kappa shape index (κ1) is 15.5. The Bertz CT molecular complexity index is 1130. The molecule has 8 heteroatoms. The number of hydrogen-bond acceptors (Lipinski definition) is 5. The van der Waals surface area contributed by atoms with Crippen LogP contribution in [-0.4, -0.2) is 25.1 Å². The molecular weight excluding hydrogens is 338 g/mol. The van der Waals surface area contributed by atoms with E-state index < -0.39 is 0 Å². The number of aromatic nitrogens is 4. The van der Waals surface area contributed by atoms with Crippen molar-refractivity contribution in [2.24, 2.45) is 7.05 Å². The summed E-state index contributed by atoms with van der Waals surface area (Å²) in [6, 6.07) is 11.2. The zero-order chi connectivity index (χ0) is 17.4. The molecule has 3 aromatic heterocycles. The van der Waals surface area contributed by atoms with E-state index >= 15 is 0 Å². The lowest BCUT2D eigenvalue weighted by Crippen LogP contribution is -2.19. The Morgan fingerprint density at radius 3 is 2.80 bits per heavy atom. The molecule has 0 radical (unpaired) electrons. The van der Waals surface area contributed by atoms with Crippen molar-refractivity contribution in [3.8, 4) is 0 Å². The van der Waals surface area contributed by atoms with Crippen LogP contribution in [0.3, 0.4) is 0 Å². The number of benzene rings is 1. The van der Waals surface area contributed by atoms with Crippen LogP contribution in [0.1, 0.15) is 12.2 Å². The third kappa shape index (κ3) is 2.70.